The summed E-state index contributed by atoms with van der Waals surface area (Å²) in [5.74, 6) is 0.585. The van der Waals surface area contributed by atoms with Gasteiger partial charge in [-0.15, -0.1) is 0 Å². The number of hydrogen-bond acceptors (Lipinski definition) is 5. The van der Waals surface area contributed by atoms with Crippen LogP contribution >= 0.6 is 0 Å². The Morgan fingerprint density at radius 2 is 2.00 bits per heavy atom. The van der Waals surface area contributed by atoms with Crippen LogP contribution in [0, 0.1) is 0 Å². The van der Waals surface area contributed by atoms with E-state index in [0.29, 0.717) is 12.2 Å². The standard InChI is InChI=1S/C14H15NO5S/c16-14(13-4-2-7-20-13)15(9-12-3-1-6-19-12)11-5-8-21(17,18)10-11/h1-4,6-7,11H,5,8-10H2. The minimum atomic E-state index is -3.08. The van der Waals surface area contributed by atoms with E-state index >= 15 is 0 Å². The first-order valence-corrected chi connectivity index (χ1v) is 8.44. The molecule has 0 N–H and O–H groups in total. The lowest BCUT2D eigenvalue weighted by atomic mass is 10.2. The second-order valence-corrected chi connectivity index (χ2v) is 7.28. The van der Waals surface area contributed by atoms with Crippen molar-refractivity contribution in [3.8, 4) is 0 Å². The summed E-state index contributed by atoms with van der Waals surface area (Å²) in [5, 5.41) is 0. The highest BCUT2D eigenvalue weighted by Crippen LogP contribution is 2.22. The third kappa shape index (κ3) is 3.02. The molecule has 0 spiro atoms. The average molecular weight is 309 g/mol. The van der Waals surface area contributed by atoms with Crippen molar-refractivity contribution in [3.05, 3.63) is 48.3 Å². The number of carbonyl (C=O) groups excluding carboxylic acids is 1. The predicted molar refractivity (Wildman–Crippen MR) is 74.3 cm³/mol. The van der Waals surface area contributed by atoms with Crippen molar-refractivity contribution in [2.75, 3.05) is 11.5 Å². The molecule has 7 heteroatoms. The molecule has 0 radical (unpaired) electrons. The van der Waals surface area contributed by atoms with Crippen LogP contribution in [0.5, 0.6) is 0 Å². The first kappa shape index (κ1) is 13.9. The van der Waals surface area contributed by atoms with Crippen LogP contribution in [-0.4, -0.2) is 36.8 Å². The van der Waals surface area contributed by atoms with Gasteiger partial charge >= 0.3 is 0 Å². The topological polar surface area (TPSA) is 80.7 Å². The van der Waals surface area contributed by atoms with Crippen LogP contribution < -0.4 is 0 Å². The van der Waals surface area contributed by atoms with Crippen LogP contribution in [-0.2, 0) is 16.4 Å². The van der Waals surface area contributed by atoms with Gasteiger partial charge < -0.3 is 13.7 Å². The van der Waals surface area contributed by atoms with Gasteiger partial charge in [0.15, 0.2) is 15.6 Å². The first-order chi connectivity index (χ1) is 10.1. The van der Waals surface area contributed by atoms with Gasteiger partial charge in [-0.05, 0) is 30.7 Å². The molecule has 0 saturated carbocycles. The van der Waals surface area contributed by atoms with Crippen molar-refractivity contribution in [2.45, 2.75) is 19.0 Å². The van der Waals surface area contributed by atoms with Crippen molar-refractivity contribution in [3.63, 3.8) is 0 Å². The van der Waals surface area contributed by atoms with Gasteiger partial charge in [-0.25, -0.2) is 8.42 Å². The Bertz CT molecular complexity index is 703. The van der Waals surface area contributed by atoms with E-state index in [0.717, 1.165) is 0 Å². The lowest BCUT2D eigenvalue weighted by molar-refractivity contribution is 0.0633. The Labute approximate surface area is 122 Å². The Hall–Kier alpha value is -2.02. The predicted octanol–water partition coefficient (Wildman–Crippen LogP) is 1.70. The molecule has 0 bridgehead atoms. The summed E-state index contributed by atoms with van der Waals surface area (Å²) in [7, 11) is -3.08. The highest BCUT2D eigenvalue weighted by molar-refractivity contribution is 7.91. The molecular weight excluding hydrogens is 294 g/mol. The third-order valence-electron chi connectivity index (χ3n) is 3.55. The fourth-order valence-electron chi connectivity index (χ4n) is 2.50. The second-order valence-electron chi connectivity index (χ2n) is 5.05. The fraction of sp³-hybridized carbons (Fsp3) is 0.357. The largest absolute Gasteiger partial charge is 0.467 e. The zero-order valence-corrected chi connectivity index (χ0v) is 12.1. The van der Waals surface area contributed by atoms with Gasteiger partial charge in [-0.1, -0.05) is 0 Å². The van der Waals surface area contributed by atoms with Crippen LogP contribution in [0.4, 0.5) is 0 Å². The SMILES string of the molecule is O=C(c1ccco1)N(Cc1ccco1)C1CCS(=O)(=O)C1. The minimum absolute atomic E-state index is 0.0137. The average Bonchev–Trinajstić information content (AvgIpc) is 3.16. The number of amides is 1. The van der Waals surface area contributed by atoms with Gasteiger partial charge in [0.1, 0.15) is 5.76 Å². The van der Waals surface area contributed by atoms with Crippen molar-refractivity contribution in [1.29, 1.82) is 0 Å². The third-order valence-corrected chi connectivity index (χ3v) is 5.30. The highest BCUT2D eigenvalue weighted by Gasteiger charge is 2.36. The number of furan rings is 2. The van der Waals surface area contributed by atoms with Gasteiger partial charge in [0.2, 0.25) is 0 Å². The van der Waals surface area contributed by atoms with Crippen molar-refractivity contribution >= 4 is 15.7 Å². The Morgan fingerprint density at radius 3 is 2.57 bits per heavy atom. The molecule has 6 nitrogen and oxygen atoms in total. The summed E-state index contributed by atoms with van der Waals surface area (Å²) in [6, 6.07) is 6.34. The van der Waals surface area contributed by atoms with Crippen molar-refractivity contribution < 1.29 is 22.0 Å². The van der Waals surface area contributed by atoms with Crippen molar-refractivity contribution in [2.24, 2.45) is 0 Å². The number of hydrogen-bond donors (Lipinski definition) is 0. The van der Waals surface area contributed by atoms with Gasteiger partial charge in [0.25, 0.3) is 5.91 Å². The molecule has 1 unspecified atom stereocenters. The summed E-state index contributed by atoms with van der Waals surface area (Å²) >= 11 is 0. The lowest BCUT2D eigenvalue weighted by Gasteiger charge is -2.26. The molecule has 1 aliphatic heterocycles. The van der Waals surface area contributed by atoms with Crippen molar-refractivity contribution in [1.82, 2.24) is 4.90 Å². The fourth-order valence-corrected chi connectivity index (χ4v) is 4.23. The van der Waals surface area contributed by atoms with Crippen LogP contribution in [0.1, 0.15) is 22.7 Å². The number of carbonyl (C=O) groups is 1. The summed E-state index contributed by atoms with van der Waals surface area (Å²) < 4.78 is 33.7. The van der Waals surface area contributed by atoms with Gasteiger partial charge in [0.05, 0.1) is 30.6 Å². The van der Waals surface area contributed by atoms with Crippen LogP contribution in [0.3, 0.4) is 0 Å². The van der Waals surface area contributed by atoms with E-state index in [4.69, 9.17) is 8.83 Å². The summed E-state index contributed by atoms with van der Waals surface area (Å²) in [6.07, 6.45) is 3.38. The zero-order chi connectivity index (χ0) is 14.9. The molecule has 1 aliphatic rings. The molecule has 0 aliphatic carbocycles. The molecule has 2 aromatic rings. The second kappa shape index (κ2) is 5.40. The van der Waals surface area contributed by atoms with Gasteiger partial charge in [-0.3, -0.25) is 4.79 Å². The molecule has 3 heterocycles. The number of sulfone groups is 1. The molecule has 1 amide bonds. The maximum absolute atomic E-state index is 12.5. The molecule has 112 valence electrons. The van der Waals surface area contributed by atoms with E-state index in [9.17, 15) is 13.2 Å². The van der Waals surface area contributed by atoms with E-state index < -0.39 is 9.84 Å². The van der Waals surface area contributed by atoms with E-state index in [1.807, 2.05) is 0 Å². The van der Waals surface area contributed by atoms with Crippen LogP contribution in [0.15, 0.2) is 45.6 Å². The first-order valence-electron chi connectivity index (χ1n) is 6.62. The number of nitrogens with zero attached hydrogens (tertiary/aromatic N) is 1. The highest BCUT2D eigenvalue weighted by atomic mass is 32.2. The monoisotopic (exact) mass is 309 g/mol. The summed E-state index contributed by atoms with van der Waals surface area (Å²) in [6.45, 7) is 0.229. The molecule has 1 atom stereocenters. The Kier molecular flexibility index (Phi) is 3.59. The summed E-state index contributed by atoms with van der Waals surface area (Å²) in [5.41, 5.74) is 0. The molecule has 2 aromatic heterocycles. The van der Waals surface area contributed by atoms with E-state index in [2.05, 4.69) is 0 Å². The zero-order valence-electron chi connectivity index (χ0n) is 11.3. The lowest BCUT2D eigenvalue weighted by Crippen LogP contribution is -2.40. The normalized spacial score (nSPS) is 20.5. The molecule has 0 aromatic carbocycles. The summed E-state index contributed by atoms with van der Waals surface area (Å²) in [4.78, 5) is 14.0. The van der Waals surface area contributed by atoms with Crippen LogP contribution in [0.2, 0.25) is 0 Å². The molecule has 21 heavy (non-hydrogen) atoms. The molecule has 1 saturated heterocycles. The maximum Gasteiger partial charge on any atom is 0.290 e. The molecule has 3 rings (SSSR count). The van der Waals surface area contributed by atoms with Crippen LogP contribution in [0.25, 0.3) is 0 Å². The Balaban J connectivity index is 1.86. The van der Waals surface area contributed by atoms with Gasteiger partial charge in [0, 0.05) is 6.04 Å². The Morgan fingerprint density at radius 1 is 1.24 bits per heavy atom. The smallest absolute Gasteiger partial charge is 0.290 e. The van der Waals surface area contributed by atoms with E-state index in [1.165, 1.54) is 17.4 Å². The minimum Gasteiger partial charge on any atom is -0.467 e. The van der Waals surface area contributed by atoms with Gasteiger partial charge in [-0.2, -0.15) is 0 Å². The number of rotatable bonds is 4. The molecular formula is C14H15NO5S. The van der Waals surface area contributed by atoms with E-state index in [-0.39, 0.29) is 35.8 Å². The molecule has 1 fully saturated rings. The van der Waals surface area contributed by atoms with E-state index in [1.54, 1.807) is 24.3 Å². The quantitative estimate of drug-likeness (QED) is 0.858. The maximum atomic E-state index is 12.5.